The van der Waals surface area contributed by atoms with Crippen LogP contribution < -0.4 is 10.1 Å². The number of benzene rings is 1. The molecule has 1 fully saturated rings. The van der Waals surface area contributed by atoms with Crippen LogP contribution in [0.25, 0.3) is 10.4 Å². The number of thiophene rings is 1. The number of nitrogens with one attached hydrogen (secondary N) is 1. The van der Waals surface area contributed by atoms with E-state index in [9.17, 15) is 18.0 Å². The van der Waals surface area contributed by atoms with Gasteiger partial charge in [-0.05, 0) is 55.7 Å². The zero-order chi connectivity index (χ0) is 22.6. The Kier molecular flexibility index (Phi) is 7.34. The molecule has 1 amide bonds. The number of ether oxygens (including phenoxy) is 2. The number of hydrogen-bond donors (Lipinski definition) is 1. The van der Waals surface area contributed by atoms with Gasteiger partial charge in [0.05, 0.1) is 31.6 Å². The molecule has 168 valence electrons. The maximum absolute atomic E-state index is 12.9. The minimum atomic E-state index is -3.36. The molecular formula is C21H26N2O6S2. The van der Waals surface area contributed by atoms with Gasteiger partial charge in [0.1, 0.15) is 10.6 Å². The fraction of sp³-hybridized carbons (Fsp3) is 0.429. The number of carbonyl (C=O) groups excluding carboxylic acids is 2. The number of piperidine rings is 1. The Balaban J connectivity index is 1.85. The molecule has 1 saturated heterocycles. The van der Waals surface area contributed by atoms with Crippen molar-refractivity contribution in [2.75, 3.05) is 38.4 Å². The van der Waals surface area contributed by atoms with Gasteiger partial charge >= 0.3 is 5.97 Å². The molecule has 0 bridgehead atoms. The SMILES string of the molecule is CCOC(=O)c1sc(-c2ccc(OC)cc2)cc1NC(=O)C1CCCN(S(C)(=O)=O)C1. The molecule has 2 heterocycles. The Morgan fingerprint density at radius 2 is 1.97 bits per heavy atom. The highest BCUT2D eigenvalue weighted by atomic mass is 32.2. The van der Waals surface area contributed by atoms with Crippen molar-refractivity contribution in [2.24, 2.45) is 5.92 Å². The van der Waals surface area contributed by atoms with Crippen molar-refractivity contribution in [3.8, 4) is 16.2 Å². The molecule has 1 aromatic heterocycles. The molecule has 1 N–H and O–H groups in total. The summed E-state index contributed by atoms with van der Waals surface area (Å²) in [6.07, 6.45) is 2.34. The molecule has 2 aromatic rings. The Bertz CT molecular complexity index is 1050. The second-order valence-corrected chi connectivity index (χ2v) is 10.3. The number of esters is 1. The maximum Gasteiger partial charge on any atom is 0.350 e. The van der Waals surface area contributed by atoms with Crippen LogP contribution in [0.2, 0.25) is 0 Å². The van der Waals surface area contributed by atoms with E-state index in [1.54, 1.807) is 20.1 Å². The molecule has 0 radical (unpaired) electrons. The molecule has 0 aliphatic carbocycles. The molecule has 0 saturated carbocycles. The summed E-state index contributed by atoms with van der Waals surface area (Å²) in [5.74, 6) is -0.586. The largest absolute Gasteiger partial charge is 0.497 e. The van der Waals surface area contributed by atoms with Gasteiger partial charge in [-0.2, -0.15) is 0 Å². The summed E-state index contributed by atoms with van der Waals surface area (Å²) in [5, 5.41) is 2.83. The monoisotopic (exact) mass is 466 g/mol. The zero-order valence-corrected chi connectivity index (χ0v) is 19.3. The lowest BCUT2D eigenvalue weighted by atomic mass is 9.98. The van der Waals surface area contributed by atoms with Crippen LogP contribution in [-0.2, 0) is 19.6 Å². The van der Waals surface area contributed by atoms with Crippen LogP contribution in [0.15, 0.2) is 30.3 Å². The Labute approximate surface area is 186 Å². The average molecular weight is 467 g/mol. The van der Waals surface area contributed by atoms with Crippen molar-refractivity contribution in [3.05, 3.63) is 35.2 Å². The molecule has 10 heteroatoms. The van der Waals surface area contributed by atoms with Crippen molar-refractivity contribution in [1.82, 2.24) is 4.31 Å². The van der Waals surface area contributed by atoms with E-state index < -0.39 is 21.9 Å². The first kappa shape index (κ1) is 23.2. The van der Waals surface area contributed by atoms with E-state index in [4.69, 9.17) is 9.47 Å². The summed E-state index contributed by atoms with van der Waals surface area (Å²) in [5.41, 5.74) is 1.24. The van der Waals surface area contributed by atoms with Gasteiger partial charge < -0.3 is 14.8 Å². The number of hydrogen-bond acceptors (Lipinski definition) is 7. The van der Waals surface area contributed by atoms with Crippen molar-refractivity contribution in [2.45, 2.75) is 19.8 Å². The number of rotatable bonds is 7. The molecular weight excluding hydrogens is 440 g/mol. The predicted molar refractivity (Wildman–Crippen MR) is 120 cm³/mol. The first-order chi connectivity index (χ1) is 14.7. The van der Waals surface area contributed by atoms with E-state index in [0.29, 0.717) is 35.7 Å². The molecule has 1 unspecified atom stereocenters. The van der Waals surface area contributed by atoms with Crippen LogP contribution in [0.3, 0.4) is 0 Å². The Morgan fingerprint density at radius 3 is 2.58 bits per heavy atom. The summed E-state index contributed by atoms with van der Waals surface area (Å²) in [7, 11) is -1.77. The number of sulfonamides is 1. The van der Waals surface area contributed by atoms with Gasteiger partial charge in [-0.1, -0.05) is 0 Å². The van der Waals surface area contributed by atoms with Crippen molar-refractivity contribution >= 4 is 38.9 Å². The lowest BCUT2D eigenvalue weighted by Gasteiger charge is -2.30. The molecule has 8 nitrogen and oxygen atoms in total. The standard InChI is InChI=1S/C21H26N2O6S2/c1-4-29-21(25)19-17(12-18(30-19)14-7-9-16(28-2)10-8-14)22-20(24)15-6-5-11-23(13-15)31(3,26)27/h7-10,12,15H,4-6,11,13H2,1-3H3,(H,22,24). The highest BCUT2D eigenvalue weighted by molar-refractivity contribution is 7.88. The lowest BCUT2D eigenvalue weighted by molar-refractivity contribution is -0.120. The third-order valence-corrected chi connectivity index (χ3v) is 7.48. The van der Waals surface area contributed by atoms with Gasteiger partial charge in [-0.3, -0.25) is 4.79 Å². The molecule has 1 aliphatic rings. The molecule has 31 heavy (non-hydrogen) atoms. The molecule has 0 spiro atoms. The highest BCUT2D eigenvalue weighted by Crippen LogP contribution is 2.36. The van der Waals surface area contributed by atoms with Gasteiger partial charge in [0, 0.05) is 18.0 Å². The van der Waals surface area contributed by atoms with Crippen LogP contribution in [0.4, 0.5) is 5.69 Å². The van der Waals surface area contributed by atoms with Gasteiger partial charge in [-0.25, -0.2) is 17.5 Å². The zero-order valence-electron chi connectivity index (χ0n) is 17.7. The summed E-state index contributed by atoms with van der Waals surface area (Å²) in [4.78, 5) is 26.5. The molecule has 1 aromatic carbocycles. The predicted octanol–water partition coefficient (Wildman–Crippen LogP) is 3.21. The van der Waals surface area contributed by atoms with Crippen LogP contribution in [0, 0.1) is 5.92 Å². The summed E-state index contributed by atoms with van der Waals surface area (Å²) >= 11 is 1.23. The van der Waals surface area contributed by atoms with Crippen LogP contribution in [-0.4, -0.2) is 57.7 Å². The van der Waals surface area contributed by atoms with Crippen molar-refractivity contribution in [3.63, 3.8) is 0 Å². The highest BCUT2D eigenvalue weighted by Gasteiger charge is 2.31. The fourth-order valence-corrected chi connectivity index (χ4v) is 5.35. The number of carbonyl (C=O) groups is 2. The number of nitrogens with zero attached hydrogens (tertiary/aromatic N) is 1. The minimum absolute atomic E-state index is 0.134. The van der Waals surface area contributed by atoms with Crippen molar-refractivity contribution in [1.29, 1.82) is 0 Å². The smallest absolute Gasteiger partial charge is 0.350 e. The second-order valence-electron chi connectivity index (χ2n) is 7.25. The van der Waals surface area contributed by atoms with E-state index in [-0.39, 0.29) is 19.1 Å². The topological polar surface area (TPSA) is 102 Å². The van der Waals surface area contributed by atoms with Gasteiger partial charge in [0.15, 0.2) is 0 Å². The second kappa shape index (κ2) is 9.80. The third kappa shape index (κ3) is 5.63. The first-order valence-electron chi connectivity index (χ1n) is 9.94. The third-order valence-electron chi connectivity index (χ3n) is 5.05. The van der Waals surface area contributed by atoms with E-state index in [2.05, 4.69) is 5.32 Å². The van der Waals surface area contributed by atoms with Gasteiger partial charge in [0.25, 0.3) is 0 Å². The number of methoxy groups -OCH3 is 1. The fourth-order valence-electron chi connectivity index (χ4n) is 3.42. The van der Waals surface area contributed by atoms with E-state index in [1.807, 2.05) is 24.3 Å². The van der Waals surface area contributed by atoms with Crippen LogP contribution >= 0.6 is 11.3 Å². The Morgan fingerprint density at radius 1 is 1.26 bits per heavy atom. The molecule has 3 rings (SSSR count). The Hall–Kier alpha value is -2.43. The summed E-state index contributed by atoms with van der Waals surface area (Å²) in [6.45, 7) is 2.48. The van der Waals surface area contributed by atoms with E-state index in [1.165, 1.54) is 15.6 Å². The van der Waals surface area contributed by atoms with Crippen LogP contribution in [0.1, 0.15) is 29.4 Å². The minimum Gasteiger partial charge on any atom is -0.497 e. The van der Waals surface area contributed by atoms with Crippen LogP contribution in [0.5, 0.6) is 5.75 Å². The quantitative estimate of drug-likeness (QED) is 0.629. The lowest BCUT2D eigenvalue weighted by Crippen LogP contribution is -2.43. The molecule has 1 atom stereocenters. The normalized spacial score (nSPS) is 17.2. The number of amides is 1. The van der Waals surface area contributed by atoms with E-state index in [0.717, 1.165) is 16.7 Å². The first-order valence-corrected chi connectivity index (χ1v) is 12.6. The van der Waals surface area contributed by atoms with E-state index >= 15 is 0 Å². The average Bonchev–Trinajstić information content (AvgIpc) is 3.17. The maximum atomic E-state index is 12.9. The molecule has 1 aliphatic heterocycles. The number of anilines is 1. The van der Waals surface area contributed by atoms with Crippen molar-refractivity contribution < 1.29 is 27.5 Å². The van der Waals surface area contributed by atoms with Gasteiger partial charge in [-0.15, -0.1) is 11.3 Å². The van der Waals surface area contributed by atoms with Gasteiger partial charge in [0.2, 0.25) is 15.9 Å². The summed E-state index contributed by atoms with van der Waals surface area (Å²) in [6, 6.07) is 9.12. The summed E-state index contributed by atoms with van der Waals surface area (Å²) < 4.78 is 35.4.